The Morgan fingerprint density at radius 2 is 1.57 bits per heavy atom. The molecule has 152 valence electrons. The van der Waals surface area contributed by atoms with Gasteiger partial charge in [-0.25, -0.2) is 12.1 Å². The van der Waals surface area contributed by atoms with Gasteiger partial charge in [0, 0.05) is 11.6 Å². The average Bonchev–Trinajstić information content (AvgIpc) is 3.45. The van der Waals surface area contributed by atoms with Gasteiger partial charge in [-0.05, 0) is 11.8 Å². The molecule has 0 aliphatic carbocycles. The summed E-state index contributed by atoms with van der Waals surface area (Å²) < 4.78 is 1.95. The van der Waals surface area contributed by atoms with Crippen LogP contribution < -0.4 is 24.8 Å². The number of hydrogen-bond acceptors (Lipinski definition) is 1. The molecule has 0 N–H and O–H groups in total. The van der Waals surface area contributed by atoms with Crippen molar-refractivity contribution in [1.29, 1.82) is 0 Å². The number of halogens is 2. The van der Waals surface area contributed by atoms with Gasteiger partial charge in [-0.15, -0.1) is 41.1 Å². The van der Waals surface area contributed by atoms with E-state index in [1.165, 1.54) is 41.0 Å². The fourth-order valence-electron chi connectivity index (χ4n) is 3.32. The summed E-state index contributed by atoms with van der Waals surface area (Å²) in [5, 5.41) is 8.28. The molecule has 0 unspecified atom stereocenters. The number of aromatic nitrogens is 2. The molecule has 0 atom stereocenters. The van der Waals surface area contributed by atoms with Crippen molar-refractivity contribution in [3.8, 4) is 5.69 Å². The smallest absolute Gasteiger partial charge is 1.00 e. The van der Waals surface area contributed by atoms with Gasteiger partial charge in [0.05, 0.1) is 5.52 Å². The Balaban J connectivity index is 0.000000327. The molecule has 1 aromatic heterocycles. The summed E-state index contributed by atoms with van der Waals surface area (Å²) in [6.07, 6.45) is 5.95. The Hall–Kier alpha value is -1.67. The van der Waals surface area contributed by atoms with E-state index in [0.29, 0.717) is 0 Å². The quantitative estimate of drug-likeness (QED) is 0.322. The largest absolute Gasteiger partial charge is 4.00 e. The maximum absolute atomic E-state index is 4.59. The predicted octanol–water partition coefficient (Wildman–Crippen LogP) is 0.651. The molecular formula is C25H24Cl2N2Zr. The molecule has 0 aliphatic heterocycles. The summed E-state index contributed by atoms with van der Waals surface area (Å²) in [6, 6.07) is 29.5. The number of nitrogens with zero attached hydrogens (tertiary/aromatic N) is 2. The minimum absolute atomic E-state index is 0. The number of hydrogen-bond donors (Lipinski definition) is 0. The van der Waals surface area contributed by atoms with Crippen LogP contribution in [0.3, 0.4) is 0 Å². The number of unbranched alkanes of at least 4 members (excludes halogenated alkanes) is 1. The standard InChI is InChI=1S/C16H11N2.C9H13.2ClH.Zr/c1-2-6-13-10-15(9-12(13)5-1)18-11-14-7-3-4-8-16(14)17-18;1-2-3-6-9-7-4-5-8-9;;;/h1-11H;4-5,7-8H,2-3,6H2,1H3;2*1H;/q2*-1;;;+4/p-2. The Kier molecular flexibility index (Phi) is 11.3. The van der Waals surface area contributed by atoms with Crippen LogP contribution in [0.5, 0.6) is 0 Å². The van der Waals surface area contributed by atoms with Crippen molar-refractivity contribution in [1.82, 2.24) is 9.78 Å². The molecular weight excluding hydrogens is 490 g/mol. The van der Waals surface area contributed by atoms with E-state index in [-0.39, 0.29) is 51.0 Å². The van der Waals surface area contributed by atoms with Gasteiger partial charge in [-0.2, -0.15) is 22.8 Å². The zero-order valence-electron chi connectivity index (χ0n) is 16.9. The maximum Gasteiger partial charge on any atom is 4.00 e. The number of fused-ring (bicyclic) bond motifs is 2. The van der Waals surface area contributed by atoms with E-state index in [0.717, 1.165) is 11.2 Å². The van der Waals surface area contributed by atoms with Crippen LogP contribution in [0.4, 0.5) is 0 Å². The molecule has 0 bridgehead atoms. The normalized spacial score (nSPS) is 9.77. The molecule has 5 aromatic rings. The molecule has 0 radical (unpaired) electrons. The van der Waals surface area contributed by atoms with Crippen molar-refractivity contribution < 1.29 is 51.0 Å². The summed E-state index contributed by atoms with van der Waals surface area (Å²) in [4.78, 5) is 0. The molecule has 0 amide bonds. The molecule has 0 saturated heterocycles. The van der Waals surface area contributed by atoms with Crippen molar-refractivity contribution in [3.63, 3.8) is 0 Å². The minimum atomic E-state index is 0. The van der Waals surface area contributed by atoms with Gasteiger partial charge in [0.2, 0.25) is 0 Å². The molecule has 1 heterocycles. The molecule has 0 aliphatic rings. The first kappa shape index (κ1) is 26.4. The van der Waals surface area contributed by atoms with Crippen molar-refractivity contribution in [2.75, 3.05) is 0 Å². The SMILES string of the molecule is CCCC[c-]1cccc1.[Cl-].[Cl-].[Zr+4].c1ccc2[cH-]c(-n3cc4ccccc4n3)cc2c1. The van der Waals surface area contributed by atoms with Crippen LogP contribution >= 0.6 is 0 Å². The third kappa shape index (κ3) is 6.41. The molecule has 0 spiro atoms. The van der Waals surface area contributed by atoms with Crippen molar-refractivity contribution in [3.05, 3.63) is 96.7 Å². The zero-order valence-corrected chi connectivity index (χ0v) is 20.9. The van der Waals surface area contributed by atoms with E-state index in [2.05, 4.69) is 84.9 Å². The van der Waals surface area contributed by atoms with E-state index < -0.39 is 0 Å². The van der Waals surface area contributed by atoms with E-state index in [1.807, 2.05) is 22.9 Å². The van der Waals surface area contributed by atoms with Crippen LogP contribution in [0, 0.1) is 0 Å². The number of rotatable bonds is 4. The van der Waals surface area contributed by atoms with Crippen LogP contribution in [-0.4, -0.2) is 9.78 Å². The Labute approximate surface area is 210 Å². The molecule has 0 saturated carbocycles. The second kappa shape index (κ2) is 12.9. The van der Waals surface area contributed by atoms with Crippen LogP contribution in [0.25, 0.3) is 27.4 Å². The van der Waals surface area contributed by atoms with E-state index >= 15 is 0 Å². The Morgan fingerprint density at radius 1 is 0.900 bits per heavy atom. The number of aryl methyl sites for hydroxylation is 1. The summed E-state index contributed by atoms with van der Waals surface area (Å²) in [5.74, 6) is 0. The molecule has 0 fully saturated rings. The van der Waals surface area contributed by atoms with E-state index in [1.54, 1.807) is 0 Å². The van der Waals surface area contributed by atoms with Gasteiger partial charge in [-0.1, -0.05) is 50.5 Å². The fraction of sp³-hybridized carbons (Fsp3) is 0.160. The Morgan fingerprint density at radius 3 is 2.23 bits per heavy atom. The molecule has 5 rings (SSSR count). The summed E-state index contributed by atoms with van der Waals surface area (Å²) in [5.41, 5.74) is 3.63. The number of benzene rings is 2. The average molecular weight is 515 g/mol. The van der Waals surface area contributed by atoms with Gasteiger partial charge in [0.25, 0.3) is 0 Å². The van der Waals surface area contributed by atoms with Crippen LogP contribution in [-0.2, 0) is 32.6 Å². The van der Waals surface area contributed by atoms with Gasteiger partial charge >= 0.3 is 26.2 Å². The summed E-state index contributed by atoms with van der Waals surface area (Å²) in [6.45, 7) is 2.23. The fourth-order valence-corrected chi connectivity index (χ4v) is 3.32. The van der Waals surface area contributed by atoms with Crippen molar-refractivity contribution in [2.24, 2.45) is 0 Å². The first-order chi connectivity index (χ1) is 13.3. The first-order valence-corrected chi connectivity index (χ1v) is 9.64. The van der Waals surface area contributed by atoms with Crippen molar-refractivity contribution in [2.45, 2.75) is 26.2 Å². The van der Waals surface area contributed by atoms with Gasteiger partial charge < -0.3 is 24.8 Å². The summed E-state index contributed by atoms with van der Waals surface area (Å²) >= 11 is 0. The third-order valence-corrected chi connectivity index (χ3v) is 4.83. The van der Waals surface area contributed by atoms with Crippen LogP contribution in [0.2, 0.25) is 0 Å². The van der Waals surface area contributed by atoms with Crippen LogP contribution in [0.15, 0.2) is 91.1 Å². The molecule has 5 heteroatoms. The first-order valence-electron chi connectivity index (χ1n) is 9.64. The molecule has 2 nitrogen and oxygen atoms in total. The third-order valence-electron chi connectivity index (χ3n) is 4.83. The van der Waals surface area contributed by atoms with Gasteiger partial charge in [0.1, 0.15) is 0 Å². The minimum Gasteiger partial charge on any atom is -1.00 e. The zero-order chi connectivity index (χ0) is 18.5. The second-order valence-corrected chi connectivity index (χ2v) is 6.87. The van der Waals surface area contributed by atoms with E-state index in [9.17, 15) is 0 Å². The monoisotopic (exact) mass is 512 g/mol. The van der Waals surface area contributed by atoms with Crippen molar-refractivity contribution >= 4 is 21.7 Å². The molecule has 4 aromatic carbocycles. The Bertz CT molecular complexity index is 988. The predicted molar refractivity (Wildman–Crippen MR) is 115 cm³/mol. The van der Waals surface area contributed by atoms with Crippen LogP contribution in [0.1, 0.15) is 25.3 Å². The maximum atomic E-state index is 4.59. The van der Waals surface area contributed by atoms with Gasteiger partial charge in [0.15, 0.2) is 0 Å². The van der Waals surface area contributed by atoms with Gasteiger partial charge in [-0.3, -0.25) is 4.68 Å². The van der Waals surface area contributed by atoms with E-state index in [4.69, 9.17) is 0 Å². The second-order valence-electron chi connectivity index (χ2n) is 6.87. The summed E-state index contributed by atoms with van der Waals surface area (Å²) in [7, 11) is 0. The molecule has 30 heavy (non-hydrogen) atoms. The topological polar surface area (TPSA) is 17.8 Å².